The van der Waals surface area contributed by atoms with Gasteiger partial charge < -0.3 is 34.2 Å². The SMILES string of the molecule is CC[C@]12c3[nH]c4ccccc4c3CCN1C(=O)C(CC(=O)NCCCOC)C[C@@H]2C(=O)N1CCN(C(=O)c2ccco2)CC1. The number of nitrogens with one attached hydrogen (secondary N) is 2. The summed E-state index contributed by atoms with van der Waals surface area (Å²) in [5.41, 5.74) is 2.24. The van der Waals surface area contributed by atoms with Gasteiger partial charge in [-0.15, -0.1) is 0 Å². The van der Waals surface area contributed by atoms with E-state index in [2.05, 4.69) is 16.4 Å². The number of carbonyl (C=O) groups is 4. The van der Waals surface area contributed by atoms with E-state index in [1.165, 1.54) is 6.26 Å². The van der Waals surface area contributed by atoms with Crippen molar-refractivity contribution in [1.29, 1.82) is 0 Å². The van der Waals surface area contributed by atoms with E-state index in [0.29, 0.717) is 65.1 Å². The van der Waals surface area contributed by atoms with Crippen LogP contribution in [0.2, 0.25) is 0 Å². The van der Waals surface area contributed by atoms with E-state index in [9.17, 15) is 19.2 Å². The molecule has 3 aliphatic heterocycles. The van der Waals surface area contributed by atoms with Gasteiger partial charge in [-0.1, -0.05) is 25.1 Å². The number of hydrogen-bond donors (Lipinski definition) is 2. The Bertz CT molecular complexity index is 1520. The van der Waals surface area contributed by atoms with Crippen molar-refractivity contribution in [3.05, 3.63) is 59.7 Å². The van der Waals surface area contributed by atoms with Crippen LogP contribution in [0.1, 0.15) is 54.4 Å². The molecule has 3 atom stereocenters. The second-order valence-electron chi connectivity index (χ2n) is 12.0. The molecule has 2 N–H and O–H groups in total. The van der Waals surface area contributed by atoms with Gasteiger partial charge in [-0.3, -0.25) is 19.2 Å². The second kappa shape index (κ2) is 12.5. The van der Waals surface area contributed by atoms with Gasteiger partial charge in [-0.05, 0) is 49.4 Å². The number of methoxy groups -OCH3 is 1. The number of piperazine rings is 1. The molecular weight excluding hydrogens is 562 g/mol. The number of amides is 4. The Morgan fingerprint density at radius 3 is 2.57 bits per heavy atom. The van der Waals surface area contributed by atoms with Crippen molar-refractivity contribution in [2.45, 2.75) is 44.6 Å². The molecule has 11 heteroatoms. The minimum atomic E-state index is -0.854. The summed E-state index contributed by atoms with van der Waals surface area (Å²) in [6.45, 7) is 5.11. The lowest BCUT2D eigenvalue weighted by Gasteiger charge is -2.56. The first-order valence-electron chi connectivity index (χ1n) is 15.7. The van der Waals surface area contributed by atoms with Gasteiger partial charge in [0.25, 0.3) is 5.91 Å². The molecule has 5 heterocycles. The van der Waals surface area contributed by atoms with Gasteiger partial charge in [0, 0.05) is 81.9 Å². The second-order valence-corrected chi connectivity index (χ2v) is 12.0. The van der Waals surface area contributed by atoms with Crippen LogP contribution in [0.15, 0.2) is 47.1 Å². The summed E-state index contributed by atoms with van der Waals surface area (Å²) >= 11 is 0. The number of fused-ring (bicyclic) bond motifs is 5. The maximum Gasteiger partial charge on any atom is 0.289 e. The Morgan fingerprint density at radius 1 is 1.07 bits per heavy atom. The number of aromatic nitrogens is 1. The maximum atomic E-state index is 14.6. The lowest BCUT2D eigenvalue weighted by atomic mass is 9.65. The Kier molecular flexibility index (Phi) is 8.48. The highest BCUT2D eigenvalue weighted by molar-refractivity contribution is 5.94. The molecule has 1 aromatic carbocycles. The summed E-state index contributed by atoms with van der Waals surface area (Å²) in [5.74, 6) is -1.34. The molecular formula is C33H41N5O6. The number of furan rings is 1. The number of H-pyrrole nitrogens is 1. The zero-order chi connectivity index (χ0) is 30.8. The summed E-state index contributed by atoms with van der Waals surface area (Å²) < 4.78 is 10.4. The van der Waals surface area contributed by atoms with Gasteiger partial charge in [0.15, 0.2) is 5.76 Å². The Labute approximate surface area is 256 Å². The van der Waals surface area contributed by atoms with Gasteiger partial charge in [0.05, 0.1) is 17.7 Å². The fraction of sp³-hybridized carbons (Fsp3) is 0.515. The number of carbonyl (C=O) groups excluding carboxylic acids is 4. The molecule has 1 unspecified atom stereocenters. The summed E-state index contributed by atoms with van der Waals surface area (Å²) in [4.78, 5) is 63.7. The molecule has 44 heavy (non-hydrogen) atoms. The van der Waals surface area contributed by atoms with Crippen LogP contribution in [0.4, 0.5) is 0 Å². The lowest BCUT2D eigenvalue weighted by Crippen LogP contribution is -2.66. The third kappa shape index (κ3) is 5.16. The van der Waals surface area contributed by atoms with Crippen molar-refractivity contribution in [3.63, 3.8) is 0 Å². The highest BCUT2D eigenvalue weighted by Gasteiger charge is 2.59. The molecule has 0 radical (unpaired) electrons. The van der Waals surface area contributed by atoms with Gasteiger partial charge >= 0.3 is 0 Å². The molecule has 0 spiro atoms. The van der Waals surface area contributed by atoms with Crippen LogP contribution in [0.3, 0.4) is 0 Å². The van der Waals surface area contributed by atoms with Gasteiger partial charge in [-0.25, -0.2) is 0 Å². The Hall–Kier alpha value is -4.12. The molecule has 2 saturated heterocycles. The molecule has 0 bridgehead atoms. The highest BCUT2D eigenvalue weighted by Crippen LogP contribution is 2.52. The zero-order valence-corrected chi connectivity index (χ0v) is 25.5. The van der Waals surface area contributed by atoms with Gasteiger partial charge in [0.1, 0.15) is 0 Å². The molecule has 3 aliphatic rings. The maximum absolute atomic E-state index is 14.6. The third-order valence-electron chi connectivity index (χ3n) is 9.75. The van der Waals surface area contributed by atoms with Crippen LogP contribution in [0, 0.1) is 11.8 Å². The van der Waals surface area contributed by atoms with E-state index in [0.717, 1.165) is 22.2 Å². The average Bonchev–Trinajstić information content (AvgIpc) is 3.73. The Balaban J connectivity index is 1.30. The van der Waals surface area contributed by atoms with Crippen LogP contribution >= 0.6 is 0 Å². The largest absolute Gasteiger partial charge is 0.459 e. The van der Waals surface area contributed by atoms with Crippen LogP contribution in [0.5, 0.6) is 0 Å². The molecule has 2 aromatic heterocycles. The molecule has 2 fully saturated rings. The average molecular weight is 604 g/mol. The zero-order valence-electron chi connectivity index (χ0n) is 25.5. The number of para-hydroxylation sites is 1. The van der Waals surface area contributed by atoms with E-state index < -0.39 is 17.4 Å². The monoisotopic (exact) mass is 603 g/mol. The molecule has 0 aliphatic carbocycles. The van der Waals surface area contributed by atoms with E-state index in [4.69, 9.17) is 9.15 Å². The summed E-state index contributed by atoms with van der Waals surface area (Å²) in [6, 6.07) is 11.5. The van der Waals surface area contributed by atoms with Crippen molar-refractivity contribution < 1.29 is 28.3 Å². The first-order valence-corrected chi connectivity index (χ1v) is 15.7. The van der Waals surface area contributed by atoms with Crippen molar-refractivity contribution in [2.75, 3.05) is 53.0 Å². The van der Waals surface area contributed by atoms with Crippen molar-refractivity contribution in [3.8, 4) is 0 Å². The van der Waals surface area contributed by atoms with Crippen molar-refractivity contribution in [2.24, 2.45) is 11.8 Å². The topological polar surface area (TPSA) is 128 Å². The van der Waals surface area contributed by atoms with E-state index in [-0.39, 0.29) is 42.2 Å². The minimum absolute atomic E-state index is 0.0357. The molecule has 234 valence electrons. The number of ether oxygens (including phenoxy) is 1. The number of nitrogens with zero attached hydrogens (tertiary/aromatic N) is 3. The first-order chi connectivity index (χ1) is 21.4. The van der Waals surface area contributed by atoms with Gasteiger partial charge in [-0.2, -0.15) is 0 Å². The lowest BCUT2D eigenvalue weighted by molar-refractivity contribution is -0.167. The minimum Gasteiger partial charge on any atom is -0.459 e. The number of piperidine rings is 1. The summed E-state index contributed by atoms with van der Waals surface area (Å²) in [6.07, 6.45) is 3.72. The van der Waals surface area contributed by atoms with E-state index >= 15 is 0 Å². The Morgan fingerprint density at radius 2 is 1.84 bits per heavy atom. The smallest absolute Gasteiger partial charge is 0.289 e. The summed E-state index contributed by atoms with van der Waals surface area (Å²) in [5, 5.41) is 4.03. The predicted molar refractivity (Wildman–Crippen MR) is 163 cm³/mol. The number of rotatable bonds is 9. The van der Waals surface area contributed by atoms with Crippen LogP contribution in [-0.4, -0.2) is 96.3 Å². The quantitative estimate of drug-likeness (QED) is 0.362. The molecule has 0 saturated carbocycles. The van der Waals surface area contributed by atoms with Crippen LogP contribution in [0.25, 0.3) is 10.9 Å². The fourth-order valence-corrected chi connectivity index (χ4v) is 7.59. The van der Waals surface area contributed by atoms with Crippen LogP contribution in [-0.2, 0) is 31.1 Å². The number of hydrogen-bond acceptors (Lipinski definition) is 6. The molecule has 3 aromatic rings. The standard InChI is InChI=1S/C33H41N5O6/c1-3-33-25(31(41)36-14-16-37(17-15-36)32(42)27-10-6-19-44-27)20-22(21-28(39)34-12-7-18-43-2)30(40)38(33)13-11-24-23-8-4-5-9-26(23)35-29(24)33/h4-6,8-10,19,22,25,35H,3,7,11-18,20-21H2,1-2H3,(H,34,39)/t22?,25-,33+/m1/s1. The molecule has 4 amide bonds. The molecule has 6 rings (SSSR count). The first kappa shape index (κ1) is 29.9. The van der Waals surface area contributed by atoms with Gasteiger partial charge in [0.2, 0.25) is 17.7 Å². The molecule has 11 nitrogen and oxygen atoms in total. The van der Waals surface area contributed by atoms with E-state index in [1.54, 1.807) is 24.1 Å². The highest BCUT2D eigenvalue weighted by atomic mass is 16.5. The summed E-state index contributed by atoms with van der Waals surface area (Å²) in [7, 11) is 1.62. The van der Waals surface area contributed by atoms with Crippen molar-refractivity contribution in [1.82, 2.24) is 25.0 Å². The number of benzene rings is 1. The van der Waals surface area contributed by atoms with E-state index in [1.807, 2.05) is 34.9 Å². The number of aromatic amines is 1. The normalized spacial score (nSPS) is 23.4. The van der Waals surface area contributed by atoms with Crippen molar-refractivity contribution >= 4 is 34.5 Å². The van der Waals surface area contributed by atoms with Crippen LogP contribution < -0.4 is 5.32 Å². The fourth-order valence-electron chi connectivity index (χ4n) is 7.59. The predicted octanol–water partition coefficient (Wildman–Crippen LogP) is 2.91. The third-order valence-corrected chi connectivity index (χ3v) is 9.75.